The highest BCUT2D eigenvalue weighted by atomic mass is 16.6. The topological polar surface area (TPSA) is 56.8 Å². The Balaban J connectivity index is 1.75. The summed E-state index contributed by atoms with van der Waals surface area (Å²) in [5, 5.41) is 2.88. The van der Waals surface area contributed by atoms with Crippen LogP contribution in [-0.2, 0) is 4.74 Å². The van der Waals surface area contributed by atoms with Gasteiger partial charge < -0.3 is 19.5 Å². The molecule has 1 saturated heterocycles. The highest BCUT2D eigenvalue weighted by molar-refractivity contribution is 5.95. The quantitative estimate of drug-likeness (QED) is 0.815. The molecule has 5 heteroatoms. The first-order valence-corrected chi connectivity index (χ1v) is 5.61. The van der Waals surface area contributed by atoms with E-state index in [1.54, 1.807) is 18.2 Å². The number of rotatable bonds is 2. The van der Waals surface area contributed by atoms with Crippen molar-refractivity contribution in [3.8, 4) is 11.5 Å². The summed E-state index contributed by atoms with van der Waals surface area (Å²) in [6.07, 6.45) is 0. The summed E-state index contributed by atoms with van der Waals surface area (Å²) in [4.78, 5) is 11.9. The molecule has 0 saturated carbocycles. The Bertz CT molecular complexity index is 442. The number of carbonyl (C=O) groups is 1. The fraction of sp³-hybridized carbons (Fsp3) is 0.417. The first-order chi connectivity index (χ1) is 8.33. The van der Waals surface area contributed by atoms with Gasteiger partial charge in [-0.25, -0.2) is 0 Å². The van der Waals surface area contributed by atoms with Crippen LogP contribution in [0, 0.1) is 0 Å². The van der Waals surface area contributed by atoms with Gasteiger partial charge in [-0.15, -0.1) is 0 Å². The van der Waals surface area contributed by atoms with Crippen LogP contribution in [-0.4, -0.2) is 38.4 Å². The highest BCUT2D eigenvalue weighted by Crippen LogP contribution is 2.30. The van der Waals surface area contributed by atoms with Crippen LogP contribution >= 0.6 is 0 Å². The smallest absolute Gasteiger partial charge is 0.251 e. The van der Waals surface area contributed by atoms with Crippen LogP contribution in [0.3, 0.4) is 0 Å². The third-order valence-corrected chi connectivity index (χ3v) is 2.78. The Morgan fingerprint density at radius 2 is 1.94 bits per heavy atom. The molecule has 1 N–H and O–H groups in total. The van der Waals surface area contributed by atoms with Crippen LogP contribution in [0.1, 0.15) is 10.4 Å². The van der Waals surface area contributed by atoms with Crippen LogP contribution in [0.15, 0.2) is 18.2 Å². The summed E-state index contributed by atoms with van der Waals surface area (Å²) in [6, 6.07) is 5.35. The lowest BCUT2D eigenvalue weighted by Gasteiger charge is -2.27. The second kappa shape index (κ2) is 4.25. The van der Waals surface area contributed by atoms with Crippen molar-refractivity contribution in [1.82, 2.24) is 5.32 Å². The Hall–Kier alpha value is -1.75. The molecular formula is C12H13NO4. The summed E-state index contributed by atoms with van der Waals surface area (Å²) in [6.45, 7) is 2.26. The lowest BCUT2D eigenvalue weighted by molar-refractivity contribution is -0.00347. The van der Waals surface area contributed by atoms with Crippen molar-refractivity contribution in [2.75, 3.05) is 26.4 Å². The third-order valence-electron chi connectivity index (χ3n) is 2.78. The minimum atomic E-state index is -0.102. The van der Waals surface area contributed by atoms with E-state index >= 15 is 0 Å². The Kier molecular flexibility index (Phi) is 2.60. The fourth-order valence-electron chi connectivity index (χ4n) is 1.77. The van der Waals surface area contributed by atoms with Gasteiger partial charge in [0, 0.05) is 5.56 Å². The number of carbonyl (C=O) groups excluding carboxylic acids is 1. The Labute approximate surface area is 98.7 Å². The molecule has 1 amide bonds. The van der Waals surface area contributed by atoms with Gasteiger partial charge in [-0.1, -0.05) is 0 Å². The Morgan fingerprint density at radius 3 is 2.65 bits per heavy atom. The number of benzene rings is 1. The summed E-state index contributed by atoms with van der Waals surface area (Å²) in [5.41, 5.74) is 0.584. The second-order valence-electron chi connectivity index (χ2n) is 4.07. The molecule has 2 heterocycles. The molecular weight excluding hydrogens is 222 g/mol. The molecule has 0 spiro atoms. The lowest BCUT2D eigenvalue weighted by atomic mass is 10.1. The molecule has 3 rings (SSSR count). The van der Waals surface area contributed by atoms with Gasteiger partial charge >= 0.3 is 0 Å². The number of hydrogen-bond acceptors (Lipinski definition) is 4. The maximum Gasteiger partial charge on any atom is 0.251 e. The molecule has 0 radical (unpaired) electrons. The number of hydrogen-bond donors (Lipinski definition) is 1. The second-order valence-corrected chi connectivity index (χ2v) is 4.07. The van der Waals surface area contributed by atoms with Crippen molar-refractivity contribution in [2.45, 2.75) is 6.04 Å². The predicted molar refractivity (Wildman–Crippen MR) is 59.5 cm³/mol. The van der Waals surface area contributed by atoms with E-state index in [9.17, 15) is 4.79 Å². The first kappa shape index (κ1) is 10.4. The molecule has 0 unspecified atom stereocenters. The predicted octanol–water partition coefficient (Wildman–Crippen LogP) is 0.586. The van der Waals surface area contributed by atoms with Crippen molar-refractivity contribution >= 4 is 5.91 Å². The van der Waals surface area contributed by atoms with Crippen LogP contribution in [0.4, 0.5) is 0 Å². The minimum Gasteiger partial charge on any atom is -0.486 e. The number of fused-ring (bicyclic) bond motifs is 1. The lowest BCUT2D eigenvalue weighted by Crippen LogP contribution is -2.48. The van der Waals surface area contributed by atoms with Gasteiger partial charge in [0.25, 0.3) is 5.91 Å². The maximum absolute atomic E-state index is 11.9. The SMILES string of the molecule is O=C(NC1COC1)c1ccc2c(c1)OCCO2. The molecule has 0 atom stereocenters. The maximum atomic E-state index is 11.9. The molecule has 1 aromatic rings. The van der Waals surface area contributed by atoms with E-state index in [1.807, 2.05) is 0 Å². The van der Waals surface area contributed by atoms with Crippen LogP contribution in [0.25, 0.3) is 0 Å². The monoisotopic (exact) mass is 235 g/mol. The molecule has 17 heavy (non-hydrogen) atoms. The van der Waals surface area contributed by atoms with E-state index < -0.39 is 0 Å². The van der Waals surface area contributed by atoms with Crippen LogP contribution in [0.5, 0.6) is 11.5 Å². The summed E-state index contributed by atoms with van der Waals surface area (Å²) < 4.78 is 15.8. The molecule has 0 aliphatic carbocycles. The van der Waals surface area contributed by atoms with E-state index in [4.69, 9.17) is 14.2 Å². The van der Waals surface area contributed by atoms with E-state index in [0.29, 0.717) is 43.5 Å². The van der Waals surface area contributed by atoms with Crippen LogP contribution < -0.4 is 14.8 Å². The highest BCUT2D eigenvalue weighted by Gasteiger charge is 2.22. The van der Waals surface area contributed by atoms with Crippen molar-refractivity contribution in [3.05, 3.63) is 23.8 Å². The van der Waals surface area contributed by atoms with E-state index in [1.165, 1.54) is 0 Å². The van der Waals surface area contributed by atoms with Crippen molar-refractivity contribution in [1.29, 1.82) is 0 Å². The molecule has 1 aromatic carbocycles. The normalized spacial score (nSPS) is 18.4. The third kappa shape index (κ3) is 2.06. The van der Waals surface area contributed by atoms with Crippen molar-refractivity contribution < 1.29 is 19.0 Å². The summed E-state index contributed by atoms with van der Waals surface area (Å²) >= 11 is 0. The summed E-state index contributed by atoms with van der Waals surface area (Å²) in [5.74, 6) is 1.23. The van der Waals surface area contributed by atoms with Crippen LogP contribution in [0.2, 0.25) is 0 Å². The average Bonchev–Trinajstić information content (AvgIpc) is 2.33. The average molecular weight is 235 g/mol. The first-order valence-electron chi connectivity index (χ1n) is 5.61. The van der Waals surface area contributed by atoms with Gasteiger partial charge in [-0.05, 0) is 18.2 Å². The zero-order valence-electron chi connectivity index (χ0n) is 9.27. The zero-order chi connectivity index (χ0) is 11.7. The van der Waals surface area contributed by atoms with Gasteiger partial charge in [0.15, 0.2) is 11.5 Å². The van der Waals surface area contributed by atoms with Gasteiger partial charge in [0.2, 0.25) is 0 Å². The van der Waals surface area contributed by atoms with Gasteiger partial charge in [-0.3, -0.25) is 4.79 Å². The van der Waals surface area contributed by atoms with Gasteiger partial charge in [0.05, 0.1) is 19.3 Å². The molecule has 0 aromatic heterocycles. The van der Waals surface area contributed by atoms with Crippen molar-refractivity contribution in [3.63, 3.8) is 0 Å². The van der Waals surface area contributed by atoms with Gasteiger partial charge in [-0.2, -0.15) is 0 Å². The zero-order valence-corrected chi connectivity index (χ0v) is 9.27. The summed E-state index contributed by atoms with van der Waals surface area (Å²) in [7, 11) is 0. The molecule has 0 bridgehead atoms. The molecule has 1 fully saturated rings. The molecule has 2 aliphatic heterocycles. The minimum absolute atomic E-state index is 0.102. The number of ether oxygens (including phenoxy) is 3. The number of nitrogens with one attached hydrogen (secondary N) is 1. The van der Waals surface area contributed by atoms with Gasteiger partial charge in [0.1, 0.15) is 13.2 Å². The molecule has 5 nitrogen and oxygen atoms in total. The Morgan fingerprint density at radius 1 is 1.18 bits per heavy atom. The van der Waals surface area contributed by atoms with E-state index in [-0.39, 0.29) is 11.9 Å². The standard InChI is InChI=1S/C12H13NO4/c14-12(13-9-6-15-7-9)8-1-2-10-11(5-8)17-4-3-16-10/h1-2,5,9H,3-4,6-7H2,(H,13,14). The van der Waals surface area contributed by atoms with E-state index in [0.717, 1.165) is 0 Å². The van der Waals surface area contributed by atoms with Crippen molar-refractivity contribution in [2.24, 2.45) is 0 Å². The molecule has 2 aliphatic rings. The van der Waals surface area contributed by atoms with E-state index in [2.05, 4.69) is 5.32 Å². The number of amides is 1. The fourth-order valence-corrected chi connectivity index (χ4v) is 1.77. The molecule has 90 valence electrons. The largest absolute Gasteiger partial charge is 0.486 e.